The molecule has 0 unspecified atom stereocenters. The van der Waals surface area contributed by atoms with Gasteiger partial charge in [-0.2, -0.15) is 0 Å². The van der Waals surface area contributed by atoms with Gasteiger partial charge >= 0.3 is 0 Å². The van der Waals surface area contributed by atoms with E-state index in [1.807, 2.05) is 6.07 Å². The third kappa shape index (κ3) is 4.74. The molecule has 1 aromatic carbocycles. The summed E-state index contributed by atoms with van der Waals surface area (Å²) in [6.45, 7) is 4.29. The van der Waals surface area contributed by atoms with Gasteiger partial charge in [0.1, 0.15) is 11.6 Å². The molecule has 0 N–H and O–H groups in total. The van der Waals surface area contributed by atoms with Gasteiger partial charge in [0.15, 0.2) is 0 Å². The number of rotatable bonds is 6. The fourth-order valence-electron chi connectivity index (χ4n) is 1.94. The Kier molecular flexibility index (Phi) is 6.07. The van der Waals surface area contributed by atoms with Gasteiger partial charge < -0.3 is 4.90 Å². The molecule has 23 heavy (non-hydrogen) atoms. The molecule has 0 bridgehead atoms. The molecule has 2 aromatic rings. The Labute approximate surface area is 142 Å². The Hall–Kier alpha value is -1.98. The molecular formula is C17H14ClF2NOS. The van der Waals surface area contributed by atoms with Gasteiger partial charge in [-0.25, -0.2) is 8.78 Å². The summed E-state index contributed by atoms with van der Waals surface area (Å²) in [6.07, 6.45) is 3.88. The van der Waals surface area contributed by atoms with Crippen molar-refractivity contribution in [2.45, 2.75) is 6.54 Å². The highest BCUT2D eigenvalue weighted by Crippen LogP contribution is 2.23. The van der Waals surface area contributed by atoms with Crippen LogP contribution < -0.4 is 0 Å². The monoisotopic (exact) mass is 353 g/mol. The maximum absolute atomic E-state index is 13.6. The number of hydrogen-bond donors (Lipinski definition) is 0. The molecule has 2 rings (SSSR count). The number of carbonyl (C=O) groups is 1. The zero-order valence-corrected chi connectivity index (χ0v) is 13.7. The van der Waals surface area contributed by atoms with Gasteiger partial charge in [-0.05, 0) is 30.3 Å². The van der Waals surface area contributed by atoms with Gasteiger partial charge in [0.25, 0.3) is 0 Å². The number of benzene rings is 1. The predicted molar refractivity (Wildman–Crippen MR) is 90.3 cm³/mol. The van der Waals surface area contributed by atoms with Crippen molar-refractivity contribution in [1.29, 1.82) is 0 Å². The van der Waals surface area contributed by atoms with Crippen molar-refractivity contribution >= 4 is 34.9 Å². The first-order valence-electron chi connectivity index (χ1n) is 6.77. The Bertz CT molecular complexity index is 722. The topological polar surface area (TPSA) is 20.3 Å². The summed E-state index contributed by atoms with van der Waals surface area (Å²) in [5.74, 6) is -1.79. The van der Waals surface area contributed by atoms with E-state index in [2.05, 4.69) is 6.58 Å². The zero-order valence-electron chi connectivity index (χ0n) is 12.1. The molecule has 2 nitrogen and oxygen atoms in total. The van der Waals surface area contributed by atoms with Crippen LogP contribution >= 0.6 is 22.9 Å². The van der Waals surface area contributed by atoms with E-state index in [9.17, 15) is 13.6 Å². The lowest BCUT2D eigenvalue weighted by Gasteiger charge is -2.18. The Morgan fingerprint density at radius 1 is 1.26 bits per heavy atom. The van der Waals surface area contributed by atoms with Crippen molar-refractivity contribution in [2.75, 3.05) is 6.54 Å². The number of nitrogens with zero attached hydrogens (tertiary/aromatic N) is 1. The predicted octanol–water partition coefficient (Wildman–Crippen LogP) is 4.91. The van der Waals surface area contributed by atoms with Gasteiger partial charge in [0, 0.05) is 23.1 Å². The lowest BCUT2D eigenvalue weighted by molar-refractivity contribution is -0.126. The average Bonchev–Trinajstić information content (AvgIpc) is 2.91. The van der Waals surface area contributed by atoms with Crippen LogP contribution in [0.1, 0.15) is 10.4 Å². The first kappa shape index (κ1) is 17.4. The highest BCUT2D eigenvalue weighted by molar-refractivity contribution is 7.16. The van der Waals surface area contributed by atoms with Crippen LogP contribution in [0, 0.1) is 11.6 Å². The molecule has 1 heterocycles. The summed E-state index contributed by atoms with van der Waals surface area (Å²) in [6, 6.07) is 7.14. The molecule has 1 amide bonds. The van der Waals surface area contributed by atoms with E-state index in [0.717, 1.165) is 29.2 Å². The normalized spacial score (nSPS) is 10.9. The molecule has 0 aliphatic carbocycles. The Morgan fingerprint density at radius 2 is 1.96 bits per heavy atom. The molecule has 120 valence electrons. The van der Waals surface area contributed by atoms with E-state index < -0.39 is 11.6 Å². The number of thiophene rings is 1. The molecule has 0 aliphatic rings. The van der Waals surface area contributed by atoms with Gasteiger partial charge in [0.05, 0.1) is 10.9 Å². The van der Waals surface area contributed by atoms with Crippen molar-refractivity contribution in [3.63, 3.8) is 0 Å². The average molecular weight is 354 g/mol. The summed E-state index contributed by atoms with van der Waals surface area (Å²) in [5, 5.41) is 0. The van der Waals surface area contributed by atoms with Gasteiger partial charge in [0.2, 0.25) is 5.91 Å². The van der Waals surface area contributed by atoms with Crippen LogP contribution in [0.15, 0.2) is 49.1 Å². The van der Waals surface area contributed by atoms with Crippen molar-refractivity contribution in [3.05, 3.63) is 75.5 Å². The van der Waals surface area contributed by atoms with E-state index in [0.29, 0.717) is 17.4 Å². The standard InChI is InChI=1S/C17H14ClF2NOS/c1-2-10-21(11-12-6-8-16(18)23-12)17(22)9-7-13-14(19)4-3-5-15(13)20/h2-9H,1,10-11H2/b9-7+. The summed E-state index contributed by atoms with van der Waals surface area (Å²) in [5.41, 5.74) is -0.237. The fourth-order valence-corrected chi connectivity index (χ4v) is 3.05. The first-order valence-corrected chi connectivity index (χ1v) is 7.97. The summed E-state index contributed by atoms with van der Waals surface area (Å²) < 4.78 is 27.7. The van der Waals surface area contributed by atoms with E-state index in [-0.39, 0.29) is 11.5 Å². The van der Waals surface area contributed by atoms with E-state index >= 15 is 0 Å². The molecule has 1 aromatic heterocycles. The van der Waals surface area contributed by atoms with E-state index in [1.165, 1.54) is 22.3 Å². The van der Waals surface area contributed by atoms with Crippen LogP contribution in [0.5, 0.6) is 0 Å². The van der Waals surface area contributed by atoms with E-state index in [1.54, 1.807) is 12.1 Å². The minimum absolute atomic E-state index is 0.237. The number of carbonyl (C=O) groups excluding carboxylic acids is 1. The number of amides is 1. The summed E-state index contributed by atoms with van der Waals surface area (Å²) in [7, 11) is 0. The van der Waals surface area contributed by atoms with Crippen LogP contribution in [0.4, 0.5) is 8.78 Å². The second-order valence-corrected chi connectivity index (χ2v) is 6.48. The Balaban J connectivity index is 2.14. The van der Waals surface area contributed by atoms with Crippen LogP contribution in [-0.4, -0.2) is 17.4 Å². The van der Waals surface area contributed by atoms with E-state index in [4.69, 9.17) is 11.6 Å². The van der Waals surface area contributed by atoms with Crippen molar-refractivity contribution in [3.8, 4) is 0 Å². The smallest absolute Gasteiger partial charge is 0.247 e. The molecule has 0 fully saturated rings. The lowest BCUT2D eigenvalue weighted by atomic mass is 10.2. The molecule has 0 saturated heterocycles. The minimum Gasteiger partial charge on any atom is -0.330 e. The molecular weight excluding hydrogens is 340 g/mol. The van der Waals surface area contributed by atoms with Gasteiger partial charge in [-0.1, -0.05) is 23.7 Å². The summed E-state index contributed by atoms with van der Waals surface area (Å²) in [4.78, 5) is 14.7. The second kappa shape index (κ2) is 8.04. The molecule has 0 atom stereocenters. The SMILES string of the molecule is C=CCN(Cc1ccc(Cl)s1)C(=O)/C=C/c1c(F)cccc1F. The fraction of sp³-hybridized carbons (Fsp3) is 0.118. The highest BCUT2D eigenvalue weighted by Gasteiger charge is 2.12. The Morgan fingerprint density at radius 3 is 2.52 bits per heavy atom. The zero-order chi connectivity index (χ0) is 16.8. The molecule has 0 radical (unpaired) electrons. The molecule has 6 heteroatoms. The summed E-state index contributed by atoms with van der Waals surface area (Å²) >= 11 is 7.25. The number of hydrogen-bond acceptors (Lipinski definition) is 2. The van der Waals surface area contributed by atoms with Gasteiger partial charge in [-0.3, -0.25) is 4.79 Å². The van der Waals surface area contributed by atoms with Crippen molar-refractivity contribution in [2.24, 2.45) is 0 Å². The molecule has 0 aliphatic heterocycles. The molecule has 0 spiro atoms. The number of halogens is 3. The van der Waals surface area contributed by atoms with Crippen LogP contribution in [-0.2, 0) is 11.3 Å². The van der Waals surface area contributed by atoms with Crippen LogP contribution in [0.25, 0.3) is 6.08 Å². The van der Waals surface area contributed by atoms with Crippen molar-refractivity contribution < 1.29 is 13.6 Å². The third-order valence-electron chi connectivity index (χ3n) is 3.03. The third-order valence-corrected chi connectivity index (χ3v) is 4.24. The van der Waals surface area contributed by atoms with Crippen LogP contribution in [0.2, 0.25) is 4.34 Å². The van der Waals surface area contributed by atoms with Gasteiger partial charge in [-0.15, -0.1) is 17.9 Å². The largest absolute Gasteiger partial charge is 0.330 e. The van der Waals surface area contributed by atoms with Crippen LogP contribution in [0.3, 0.4) is 0 Å². The minimum atomic E-state index is -0.714. The second-order valence-electron chi connectivity index (χ2n) is 4.68. The molecule has 0 saturated carbocycles. The lowest BCUT2D eigenvalue weighted by Crippen LogP contribution is -2.28. The van der Waals surface area contributed by atoms with Crippen molar-refractivity contribution in [1.82, 2.24) is 4.90 Å². The maximum atomic E-state index is 13.6. The first-order chi connectivity index (χ1) is 11.0. The quantitative estimate of drug-likeness (QED) is 0.534. The highest BCUT2D eigenvalue weighted by atomic mass is 35.5. The maximum Gasteiger partial charge on any atom is 0.247 e.